The number of aromatic amines is 1. The minimum atomic E-state index is -1.28. The van der Waals surface area contributed by atoms with Crippen molar-refractivity contribution in [3.8, 4) is 0 Å². The molecular weight excluding hydrogens is 549 g/mol. The van der Waals surface area contributed by atoms with Crippen molar-refractivity contribution in [3.05, 3.63) is 76.7 Å². The third-order valence-corrected chi connectivity index (χ3v) is 6.50. The molecule has 0 spiro atoms. The number of anilines is 3. The molecule has 0 aliphatic rings. The molecule has 4 rings (SSSR count). The molecule has 2 amide bonds. The highest BCUT2D eigenvalue weighted by molar-refractivity contribution is 5.97. The van der Waals surface area contributed by atoms with Crippen molar-refractivity contribution in [2.75, 3.05) is 23.9 Å². The smallest absolute Gasteiger partial charge is 0.335 e. The lowest BCUT2D eigenvalue weighted by molar-refractivity contribution is -0.143. The predicted octanol–water partition coefficient (Wildman–Crippen LogP) is 2.44. The van der Waals surface area contributed by atoms with E-state index in [-0.39, 0.29) is 41.4 Å². The van der Waals surface area contributed by atoms with Crippen molar-refractivity contribution in [3.63, 3.8) is 0 Å². The number of hydrogen-bond donors (Lipinski definition) is 6. The summed E-state index contributed by atoms with van der Waals surface area (Å²) in [6, 6.07) is 8.59. The summed E-state index contributed by atoms with van der Waals surface area (Å²) < 4.78 is 18.8. The Morgan fingerprint density at radius 3 is 2.45 bits per heavy atom. The summed E-state index contributed by atoms with van der Waals surface area (Å²) in [5.41, 5.74) is 13.8. The minimum absolute atomic E-state index is 0.0821. The van der Waals surface area contributed by atoms with E-state index in [0.717, 1.165) is 36.4 Å². The maximum absolute atomic E-state index is 14.0. The third-order valence-electron chi connectivity index (χ3n) is 6.50. The van der Waals surface area contributed by atoms with E-state index < -0.39 is 35.6 Å². The molecule has 8 N–H and O–H groups in total. The lowest BCUT2D eigenvalue weighted by Crippen LogP contribution is -2.42. The standard InChI is InChI=1S/C28H28FN7O6/c1-42-27(41)19(10-11-21(37)33-20-12-16(26(39)40)8-9-18(20)29)34-25(38)15-5-2-14(3-6-15)4-7-17-13-32-24-22(17)23(30)35-28(31)36-24/h2-3,5-6,8-9,12-13,19H,4,7,10-11H2,1H3,(H,33,37)(H,34,38)(H,39,40)(H5,30,31,32,35,36)/t19-/m0/s1. The van der Waals surface area contributed by atoms with Crippen molar-refractivity contribution in [2.24, 2.45) is 0 Å². The zero-order valence-electron chi connectivity index (χ0n) is 22.4. The molecule has 1 atom stereocenters. The predicted molar refractivity (Wildman–Crippen MR) is 151 cm³/mol. The quantitative estimate of drug-likeness (QED) is 0.143. The van der Waals surface area contributed by atoms with Crippen LogP contribution >= 0.6 is 0 Å². The molecule has 0 radical (unpaired) electrons. The Balaban J connectivity index is 1.34. The van der Waals surface area contributed by atoms with Crippen molar-refractivity contribution in [2.45, 2.75) is 31.7 Å². The molecule has 0 fully saturated rings. The minimum Gasteiger partial charge on any atom is -0.478 e. The molecule has 2 aromatic carbocycles. The zero-order chi connectivity index (χ0) is 30.4. The largest absolute Gasteiger partial charge is 0.478 e. The number of carboxylic acids is 1. The number of ether oxygens (including phenoxy) is 1. The molecule has 0 bridgehead atoms. The average molecular weight is 578 g/mol. The van der Waals surface area contributed by atoms with Crippen molar-refractivity contribution in [1.82, 2.24) is 20.3 Å². The third kappa shape index (κ3) is 6.96. The van der Waals surface area contributed by atoms with Gasteiger partial charge in [0.1, 0.15) is 23.3 Å². The SMILES string of the molecule is COC(=O)[C@H](CCC(=O)Nc1cc(C(=O)O)ccc1F)NC(=O)c1ccc(CCc2c[nH]c3nc(N)nc(N)c23)cc1. The summed E-state index contributed by atoms with van der Waals surface area (Å²) in [6.07, 6.45) is 2.62. The van der Waals surface area contributed by atoms with E-state index >= 15 is 0 Å². The van der Waals surface area contributed by atoms with Crippen LogP contribution in [0.2, 0.25) is 0 Å². The number of methoxy groups -OCH3 is 1. The number of halogens is 1. The van der Waals surface area contributed by atoms with Crippen LogP contribution in [0, 0.1) is 5.82 Å². The Kier molecular flexibility index (Phi) is 8.95. The second-order valence-corrected chi connectivity index (χ2v) is 9.34. The van der Waals surface area contributed by atoms with Crippen LogP contribution in [0.4, 0.5) is 21.8 Å². The summed E-state index contributed by atoms with van der Waals surface area (Å²) in [7, 11) is 1.14. The number of nitrogens with zero attached hydrogens (tertiary/aromatic N) is 2. The molecule has 2 heterocycles. The van der Waals surface area contributed by atoms with Gasteiger partial charge in [-0.05, 0) is 60.7 Å². The number of fused-ring (bicyclic) bond motifs is 1. The first-order chi connectivity index (χ1) is 20.0. The van der Waals surface area contributed by atoms with Gasteiger partial charge in [-0.3, -0.25) is 9.59 Å². The summed E-state index contributed by atoms with van der Waals surface area (Å²) >= 11 is 0. The normalized spacial score (nSPS) is 11.6. The van der Waals surface area contributed by atoms with Crippen LogP contribution in [0.15, 0.2) is 48.7 Å². The van der Waals surface area contributed by atoms with Gasteiger partial charge in [-0.15, -0.1) is 0 Å². The van der Waals surface area contributed by atoms with Gasteiger partial charge in [0, 0.05) is 18.2 Å². The molecule has 0 unspecified atom stereocenters. The lowest BCUT2D eigenvalue weighted by atomic mass is 10.0. The number of nitrogens with two attached hydrogens (primary N) is 2. The van der Waals surface area contributed by atoms with Crippen LogP contribution in [0.5, 0.6) is 0 Å². The van der Waals surface area contributed by atoms with Crippen LogP contribution in [-0.2, 0) is 27.2 Å². The van der Waals surface area contributed by atoms with Crippen LogP contribution < -0.4 is 22.1 Å². The van der Waals surface area contributed by atoms with Gasteiger partial charge < -0.3 is 36.9 Å². The van der Waals surface area contributed by atoms with Crippen LogP contribution in [0.3, 0.4) is 0 Å². The van der Waals surface area contributed by atoms with E-state index in [1.165, 1.54) is 0 Å². The van der Waals surface area contributed by atoms with Gasteiger partial charge in [0.15, 0.2) is 0 Å². The van der Waals surface area contributed by atoms with Gasteiger partial charge in [0.2, 0.25) is 11.9 Å². The van der Waals surface area contributed by atoms with Crippen molar-refractivity contribution < 1.29 is 33.4 Å². The molecular formula is C28H28FN7O6. The highest BCUT2D eigenvalue weighted by atomic mass is 19.1. The number of carbonyl (C=O) groups is 4. The van der Waals surface area contributed by atoms with Gasteiger partial charge in [-0.1, -0.05) is 12.1 Å². The number of carbonyl (C=O) groups excluding carboxylic acids is 3. The van der Waals surface area contributed by atoms with Gasteiger partial charge >= 0.3 is 11.9 Å². The number of aromatic carboxylic acids is 1. The van der Waals surface area contributed by atoms with Crippen LogP contribution in [-0.4, -0.2) is 57.0 Å². The summed E-state index contributed by atoms with van der Waals surface area (Å²) in [5, 5.41) is 14.6. The average Bonchev–Trinajstić information content (AvgIpc) is 3.37. The fraction of sp³-hybridized carbons (Fsp3) is 0.214. The first-order valence-corrected chi connectivity index (χ1v) is 12.7. The lowest BCUT2D eigenvalue weighted by Gasteiger charge is -2.17. The molecule has 14 heteroatoms. The second kappa shape index (κ2) is 12.8. The topological polar surface area (TPSA) is 215 Å². The Labute approximate surface area is 238 Å². The molecule has 218 valence electrons. The highest BCUT2D eigenvalue weighted by Crippen LogP contribution is 2.24. The molecule has 0 aliphatic carbocycles. The fourth-order valence-electron chi connectivity index (χ4n) is 4.32. The fourth-order valence-corrected chi connectivity index (χ4v) is 4.32. The number of H-pyrrole nitrogens is 1. The zero-order valence-corrected chi connectivity index (χ0v) is 22.4. The molecule has 4 aromatic rings. The number of aryl methyl sites for hydroxylation is 2. The number of nitrogens with one attached hydrogen (secondary N) is 3. The number of esters is 1. The van der Waals surface area contributed by atoms with E-state index in [2.05, 4.69) is 25.6 Å². The monoisotopic (exact) mass is 577 g/mol. The number of carboxylic acid groups (broad SMARTS) is 1. The number of rotatable bonds is 11. The van der Waals surface area contributed by atoms with Gasteiger partial charge in [0.25, 0.3) is 5.91 Å². The van der Waals surface area contributed by atoms with Gasteiger partial charge in [0.05, 0.1) is 23.7 Å². The van der Waals surface area contributed by atoms with Gasteiger partial charge in [-0.2, -0.15) is 9.97 Å². The van der Waals surface area contributed by atoms with Crippen LogP contribution in [0.1, 0.15) is 44.7 Å². The Hall–Kier alpha value is -5.53. The first-order valence-electron chi connectivity index (χ1n) is 12.7. The van der Waals surface area contributed by atoms with Crippen LogP contribution in [0.25, 0.3) is 11.0 Å². The van der Waals surface area contributed by atoms with E-state index in [0.29, 0.717) is 23.9 Å². The van der Waals surface area contributed by atoms with E-state index in [9.17, 15) is 23.6 Å². The van der Waals surface area contributed by atoms with E-state index in [4.69, 9.17) is 21.3 Å². The van der Waals surface area contributed by atoms with E-state index in [1.807, 2.05) is 0 Å². The number of hydrogen-bond acceptors (Lipinski definition) is 9. The molecule has 42 heavy (non-hydrogen) atoms. The molecule has 0 saturated heterocycles. The van der Waals surface area contributed by atoms with Crippen molar-refractivity contribution in [1.29, 1.82) is 0 Å². The first kappa shape index (κ1) is 29.5. The van der Waals surface area contributed by atoms with E-state index in [1.54, 1.807) is 30.5 Å². The Morgan fingerprint density at radius 1 is 1.05 bits per heavy atom. The maximum atomic E-state index is 14.0. The molecule has 2 aromatic heterocycles. The number of amides is 2. The van der Waals surface area contributed by atoms with Crippen molar-refractivity contribution >= 4 is 52.2 Å². The Bertz CT molecular complexity index is 1650. The number of aromatic nitrogens is 3. The molecule has 0 saturated carbocycles. The Morgan fingerprint density at radius 2 is 1.76 bits per heavy atom. The summed E-state index contributed by atoms with van der Waals surface area (Å²) in [6.45, 7) is 0. The molecule has 0 aliphatic heterocycles. The number of benzene rings is 2. The molecule has 13 nitrogen and oxygen atoms in total. The summed E-state index contributed by atoms with van der Waals surface area (Å²) in [5.74, 6) is -3.74. The second-order valence-electron chi connectivity index (χ2n) is 9.34. The maximum Gasteiger partial charge on any atom is 0.335 e. The summed E-state index contributed by atoms with van der Waals surface area (Å²) in [4.78, 5) is 59.8. The number of nitrogen functional groups attached to an aromatic ring is 2. The highest BCUT2D eigenvalue weighted by Gasteiger charge is 2.24. The van der Waals surface area contributed by atoms with Gasteiger partial charge in [-0.25, -0.2) is 14.0 Å².